The third-order valence-electron chi connectivity index (χ3n) is 2.21. The van der Waals surface area contributed by atoms with E-state index in [2.05, 4.69) is 0 Å². The molecule has 0 saturated carbocycles. The Balaban J connectivity index is 2.49. The lowest BCUT2D eigenvalue weighted by atomic mass is 10.2. The van der Waals surface area contributed by atoms with Gasteiger partial charge in [0.05, 0.1) is 17.6 Å². The number of nitrogen functional groups attached to an aromatic ring is 1. The molecule has 0 atom stereocenters. The monoisotopic (exact) mass is 240 g/mol. The fraction of sp³-hybridized carbons (Fsp3) is 0.455. The van der Waals surface area contributed by atoms with Crippen LogP contribution in [0.5, 0.6) is 5.75 Å². The number of nitro groups is 1. The summed E-state index contributed by atoms with van der Waals surface area (Å²) in [4.78, 5) is 10.1. The number of methoxy groups -OCH3 is 1. The summed E-state index contributed by atoms with van der Waals surface area (Å²) in [5.41, 5.74) is 5.49. The fourth-order valence-electron chi connectivity index (χ4n) is 1.31. The molecule has 0 bridgehead atoms. The lowest BCUT2D eigenvalue weighted by molar-refractivity contribution is -0.384. The first-order valence-electron chi connectivity index (χ1n) is 5.31. The largest absolute Gasteiger partial charge is 0.493 e. The second kappa shape index (κ2) is 6.70. The molecule has 0 spiro atoms. The molecule has 1 aromatic carbocycles. The van der Waals surface area contributed by atoms with Crippen LogP contribution in [0.25, 0.3) is 0 Å². The van der Waals surface area contributed by atoms with Gasteiger partial charge < -0.3 is 15.2 Å². The highest BCUT2D eigenvalue weighted by Gasteiger charge is 2.12. The lowest BCUT2D eigenvalue weighted by Crippen LogP contribution is -2.01. The topological polar surface area (TPSA) is 87.6 Å². The van der Waals surface area contributed by atoms with Gasteiger partial charge in [-0.2, -0.15) is 0 Å². The van der Waals surface area contributed by atoms with Crippen molar-refractivity contribution in [3.63, 3.8) is 0 Å². The Labute approximate surface area is 99.5 Å². The van der Waals surface area contributed by atoms with Crippen molar-refractivity contribution >= 4 is 11.4 Å². The molecule has 0 aliphatic carbocycles. The molecular formula is C11H16N2O4. The zero-order chi connectivity index (χ0) is 12.7. The summed E-state index contributed by atoms with van der Waals surface area (Å²) in [5.74, 6) is 0.461. The zero-order valence-electron chi connectivity index (χ0n) is 9.72. The van der Waals surface area contributed by atoms with Crippen molar-refractivity contribution in [2.45, 2.75) is 12.8 Å². The highest BCUT2D eigenvalue weighted by molar-refractivity contribution is 5.60. The van der Waals surface area contributed by atoms with Gasteiger partial charge in [0, 0.05) is 13.7 Å². The van der Waals surface area contributed by atoms with Gasteiger partial charge >= 0.3 is 0 Å². The summed E-state index contributed by atoms with van der Waals surface area (Å²) in [5, 5.41) is 10.6. The van der Waals surface area contributed by atoms with Gasteiger partial charge in [0.1, 0.15) is 11.4 Å². The SMILES string of the molecule is COCCCCOc1ccc(N)c([N+](=O)[O-])c1. The molecule has 2 N–H and O–H groups in total. The van der Waals surface area contributed by atoms with Gasteiger partial charge in [0.2, 0.25) is 0 Å². The Morgan fingerprint density at radius 2 is 2.06 bits per heavy atom. The molecule has 0 aliphatic heterocycles. The van der Waals surface area contributed by atoms with Crippen LogP contribution in [0.3, 0.4) is 0 Å². The van der Waals surface area contributed by atoms with Crippen molar-refractivity contribution < 1.29 is 14.4 Å². The molecule has 6 heteroatoms. The first kappa shape index (κ1) is 13.2. The molecule has 0 amide bonds. The van der Waals surface area contributed by atoms with Crippen molar-refractivity contribution in [2.24, 2.45) is 0 Å². The van der Waals surface area contributed by atoms with Crippen LogP contribution < -0.4 is 10.5 Å². The van der Waals surface area contributed by atoms with Crippen LogP contribution in [0.4, 0.5) is 11.4 Å². The molecule has 1 aromatic rings. The summed E-state index contributed by atoms with van der Waals surface area (Å²) in [6, 6.07) is 4.44. The summed E-state index contributed by atoms with van der Waals surface area (Å²) in [6.45, 7) is 1.19. The Morgan fingerprint density at radius 1 is 1.35 bits per heavy atom. The molecule has 0 saturated heterocycles. The molecule has 0 radical (unpaired) electrons. The van der Waals surface area contributed by atoms with Crippen molar-refractivity contribution in [2.75, 3.05) is 26.1 Å². The standard InChI is InChI=1S/C11H16N2O4/c1-16-6-2-3-7-17-9-4-5-10(12)11(8-9)13(14)15/h4-5,8H,2-3,6-7,12H2,1H3. The van der Waals surface area contributed by atoms with Crippen molar-refractivity contribution in [3.8, 4) is 5.75 Å². The molecule has 6 nitrogen and oxygen atoms in total. The quantitative estimate of drug-likeness (QED) is 0.341. The molecule has 0 heterocycles. The van der Waals surface area contributed by atoms with Crippen LogP contribution in [0.15, 0.2) is 18.2 Å². The smallest absolute Gasteiger partial charge is 0.295 e. The van der Waals surface area contributed by atoms with E-state index in [1.165, 1.54) is 12.1 Å². The molecule has 0 unspecified atom stereocenters. The molecule has 0 fully saturated rings. The minimum absolute atomic E-state index is 0.126. The van der Waals surface area contributed by atoms with Gasteiger partial charge in [-0.05, 0) is 25.0 Å². The number of nitrogens with zero attached hydrogens (tertiary/aromatic N) is 1. The Hall–Kier alpha value is -1.82. The highest BCUT2D eigenvalue weighted by Crippen LogP contribution is 2.26. The zero-order valence-corrected chi connectivity index (χ0v) is 9.72. The Bertz CT molecular complexity index is 382. The predicted molar refractivity (Wildman–Crippen MR) is 64.1 cm³/mol. The number of nitrogens with two attached hydrogens (primary N) is 1. The molecule has 17 heavy (non-hydrogen) atoms. The molecule has 0 aliphatic rings. The summed E-state index contributed by atoms with van der Waals surface area (Å²) in [7, 11) is 1.64. The van der Waals surface area contributed by atoms with Crippen molar-refractivity contribution in [1.82, 2.24) is 0 Å². The number of ether oxygens (including phenoxy) is 2. The van der Waals surface area contributed by atoms with E-state index in [0.717, 1.165) is 12.8 Å². The van der Waals surface area contributed by atoms with E-state index in [1.807, 2.05) is 0 Å². The van der Waals surface area contributed by atoms with E-state index in [4.69, 9.17) is 15.2 Å². The van der Waals surface area contributed by atoms with E-state index >= 15 is 0 Å². The van der Waals surface area contributed by atoms with Crippen LogP contribution in [-0.4, -0.2) is 25.2 Å². The Kier molecular flexibility index (Phi) is 5.22. The van der Waals surface area contributed by atoms with Crippen LogP contribution >= 0.6 is 0 Å². The highest BCUT2D eigenvalue weighted by atomic mass is 16.6. The number of nitro benzene ring substituents is 1. The summed E-state index contributed by atoms with van der Waals surface area (Å²) in [6.07, 6.45) is 1.74. The number of rotatable bonds is 7. The van der Waals surface area contributed by atoms with Gasteiger partial charge in [0.15, 0.2) is 0 Å². The van der Waals surface area contributed by atoms with E-state index < -0.39 is 4.92 Å². The van der Waals surface area contributed by atoms with Crippen LogP contribution in [0.1, 0.15) is 12.8 Å². The van der Waals surface area contributed by atoms with Gasteiger partial charge in [-0.15, -0.1) is 0 Å². The van der Waals surface area contributed by atoms with E-state index in [9.17, 15) is 10.1 Å². The lowest BCUT2D eigenvalue weighted by Gasteiger charge is -2.06. The van der Waals surface area contributed by atoms with E-state index in [0.29, 0.717) is 19.0 Å². The van der Waals surface area contributed by atoms with Crippen LogP contribution in [0.2, 0.25) is 0 Å². The van der Waals surface area contributed by atoms with E-state index in [1.54, 1.807) is 13.2 Å². The van der Waals surface area contributed by atoms with Gasteiger partial charge in [-0.25, -0.2) is 0 Å². The van der Waals surface area contributed by atoms with Crippen LogP contribution in [0, 0.1) is 10.1 Å². The summed E-state index contributed by atoms with van der Waals surface area (Å²) >= 11 is 0. The van der Waals surface area contributed by atoms with Crippen molar-refractivity contribution in [3.05, 3.63) is 28.3 Å². The molecule has 94 valence electrons. The third-order valence-corrected chi connectivity index (χ3v) is 2.21. The van der Waals surface area contributed by atoms with E-state index in [-0.39, 0.29) is 11.4 Å². The number of anilines is 1. The molecular weight excluding hydrogens is 224 g/mol. The maximum Gasteiger partial charge on any atom is 0.295 e. The third kappa shape index (κ3) is 4.28. The number of unbranched alkanes of at least 4 members (excludes halogenated alkanes) is 1. The average Bonchev–Trinajstić information content (AvgIpc) is 2.30. The number of benzene rings is 1. The minimum Gasteiger partial charge on any atom is -0.493 e. The average molecular weight is 240 g/mol. The predicted octanol–water partition coefficient (Wildman–Crippen LogP) is 1.98. The van der Waals surface area contributed by atoms with Gasteiger partial charge in [0.25, 0.3) is 5.69 Å². The summed E-state index contributed by atoms with van der Waals surface area (Å²) < 4.78 is 10.3. The minimum atomic E-state index is -0.521. The molecule has 1 rings (SSSR count). The Morgan fingerprint density at radius 3 is 2.71 bits per heavy atom. The van der Waals surface area contributed by atoms with Gasteiger partial charge in [-0.3, -0.25) is 10.1 Å². The first-order valence-corrected chi connectivity index (χ1v) is 5.31. The van der Waals surface area contributed by atoms with Gasteiger partial charge in [-0.1, -0.05) is 0 Å². The normalized spacial score (nSPS) is 10.2. The number of hydrogen-bond acceptors (Lipinski definition) is 5. The maximum absolute atomic E-state index is 10.6. The second-order valence-electron chi connectivity index (χ2n) is 3.53. The van der Waals surface area contributed by atoms with Crippen molar-refractivity contribution in [1.29, 1.82) is 0 Å². The number of hydrogen-bond donors (Lipinski definition) is 1. The maximum atomic E-state index is 10.6. The first-order chi connectivity index (χ1) is 8.15. The fourth-order valence-corrected chi connectivity index (χ4v) is 1.31. The second-order valence-corrected chi connectivity index (χ2v) is 3.53. The van der Waals surface area contributed by atoms with Crippen LogP contribution in [-0.2, 0) is 4.74 Å². The molecule has 0 aromatic heterocycles.